The van der Waals surface area contributed by atoms with Gasteiger partial charge in [0.2, 0.25) is 5.91 Å². The van der Waals surface area contributed by atoms with E-state index in [-0.39, 0.29) is 11.8 Å². The summed E-state index contributed by atoms with van der Waals surface area (Å²) in [5, 5.41) is 4.25. The Balaban J connectivity index is 1.90. The number of carbonyl (C=O) groups is 1. The van der Waals surface area contributed by atoms with E-state index >= 15 is 0 Å². The molecule has 0 bridgehead atoms. The first kappa shape index (κ1) is 12.2. The minimum atomic E-state index is 0.0363. The minimum Gasteiger partial charge on any atom is -0.359 e. The lowest BCUT2D eigenvalue weighted by Gasteiger charge is -2.39. The molecule has 0 saturated carbocycles. The number of rotatable bonds is 2. The number of aromatic nitrogens is 2. The molecule has 0 spiro atoms. The third kappa shape index (κ3) is 2.10. The molecule has 0 radical (unpaired) electrons. The molecule has 6 heteroatoms. The normalized spacial score (nSPS) is 15.4. The fourth-order valence-electron chi connectivity index (χ4n) is 2.29. The highest BCUT2D eigenvalue weighted by atomic mass is 35.5. The van der Waals surface area contributed by atoms with E-state index in [0.29, 0.717) is 18.1 Å². The number of amides is 1. The molecule has 1 aromatic carbocycles. The van der Waals surface area contributed by atoms with Crippen molar-refractivity contribution in [3.05, 3.63) is 29.5 Å². The highest BCUT2D eigenvalue weighted by Crippen LogP contribution is 2.30. The molecule has 1 saturated heterocycles. The smallest absolute Gasteiger partial charge is 0.226 e. The molecule has 0 aliphatic carbocycles. The molecule has 1 aromatic heterocycles. The van der Waals surface area contributed by atoms with Gasteiger partial charge >= 0.3 is 0 Å². The molecule has 1 amide bonds. The van der Waals surface area contributed by atoms with Gasteiger partial charge in [0.05, 0.1) is 11.4 Å². The largest absolute Gasteiger partial charge is 0.359 e. The number of halogens is 1. The van der Waals surface area contributed by atoms with Crippen LogP contribution in [0.5, 0.6) is 0 Å². The second-order valence-electron chi connectivity index (χ2n) is 4.57. The zero-order valence-electron chi connectivity index (χ0n) is 10.4. The van der Waals surface area contributed by atoms with Gasteiger partial charge in [0.15, 0.2) is 0 Å². The van der Waals surface area contributed by atoms with E-state index in [4.69, 9.17) is 11.6 Å². The summed E-state index contributed by atoms with van der Waals surface area (Å²) in [5.41, 5.74) is 0.859. The van der Waals surface area contributed by atoms with E-state index in [1.54, 1.807) is 13.4 Å². The number of benzene rings is 1. The topological polar surface area (TPSA) is 58.1 Å². The van der Waals surface area contributed by atoms with Gasteiger partial charge in [-0.15, -0.1) is 0 Å². The first-order valence-electron chi connectivity index (χ1n) is 6.06. The number of carbonyl (C=O) groups excluding carboxylic acids is 1. The molecule has 1 fully saturated rings. The maximum atomic E-state index is 11.5. The summed E-state index contributed by atoms with van der Waals surface area (Å²) >= 11 is 6.02. The summed E-state index contributed by atoms with van der Waals surface area (Å²) in [7, 11) is 1.66. The molecule has 0 unspecified atom stereocenters. The molecule has 98 valence electrons. The average Bonchev–Trinajstić information content (AvgIpc) is 2.37. The van der Waals surface area contributed by atoms with Crippen LogP contribution in [0.1, 0.15) is 0 Å². The summed E-state index contributed by atoms with van der Waals surface area (Å²) in [6.45, 7) is 1.36. The van der Waals surface area contributed by atoms with E-state index in [1.165, 1.54) is 0 Å². The second kappa shape index (κ2) is 4.66. The van der Waals surface area contributed by atoms with Crippen molar-refractivity contribution in [3.8, 4) is 0 Å². The summed E-state index contributed by atoms with van der Waals surface area (Å²) in [5.74, 6) is 0.953. The summed E-state index contributed by atoms with van der Waals surface area (Å²) in [6, 6.07) is 5.54. The van der Waals surface area contributed by atoms with Crippen LogP contribution < -0.4 is 10.2 Å². The lowest BCUT2D eigenvalue weighted by atomic mass is 9.99. The fourth-order valence-corrected chi connectivity index (χ4v) is 2.46. The van der Waals surface area contributed by atoms with Gasteiger partial charge in [0, 0.05) is 30.5 Å². The molecule has 1 aliphatic rings. The number of anilines is 1. The number of hydrogen-bond acceptors (Lipinski definition) is 4. The maximum absolute atomic E-state index is 11.5. The fraction of sp³-hybridized carbons (Fsp3) is 0.308. The van der Waals surface area contributed by atoms with Crippen molar-refractivity contribution in [2.24, 2.45) is 5.92 Å². The molecule has 19 heavy (non-hydrogen) atoms. The standard InChI is InChI=1S/C13H13ClN4O/c1-15-13(19)8-5-18(6-8)12-10-4-9(14)2-3-11(10)16-7-17-12/h2-4,7-8H,5-6H2,1H3,(H,15,19). The van der Waals surface area contributed by atoms with E-state index < -0.39 is 0 Å². The predicted octanol–water partition coefficient (Wildman–Crippen LogP) is 1.47. The zero-order valence-corrected chi connectivity index (χ0v) is 11.2. The minimum absolute atomic E-state index is 0.0363. The molecule has 1 aliphatic heterocycles. The molecular formula is C13H13ClN4O. The van der Waals surface area contributed by atoms with E-state index in [0.717, 1.165) is 16.7 Å². The molecule has 2 heterocycles. The average molecular weight is 277 g/mol. The highest BCUT2D eigenvalue weighted by Gasteiger charge is 2.33. The molecule has 1 N–H and O–H groups in total. The Labute approximate surface area is 115 Å². The second-order valence-corrected chi connectivity index (χ2v) is 5.01. The van der Waals surface area contributed by atoms with E-state index in [9.17, 15) is 4.79 Å². The third-order valence-corrected chi connectivity index (χ3v) is 3.61. The predicted molar refractivity (Wildman–Crippen MR) is 74.3 cm³/mol. The van der Waals surface area contributed by atoms with Gasteiger partial charge < -0.3 is 10.2 Å². The summed E-state index contributed by atoms with van der Waals surface area (Å²) in [4.78, 5) is 22.1. The van der Waals surface area contributed by atoms with Gasteiger partial charge in [0.1, 0.15) is 12.1 Å². The van der Waals surface area contributed by atoms with Gasteiger partial charge in [-0.2, -0.15) is 0 Å². The van der Waals surface area contributed by atoms with Crippen molar-refractivity contribution >= 4 is 34.2 Å². The quantitative estimate of drug-likeness (QED) is 0.902. The monoisotopic (exact) mass is 276 g/mol. The van der Waals surface area contributed by atoms with Crippen LogP contribution in [0.4, 0.5) is 5.82 Å². The van der Waals surface area contributed by atoms with Crippen LogP contribution in [0, 0.1) is 5.92 Å². The number of fused-ring (bicyclic) bond motifs is 1. The van der Waals surface area contributed by atoms with E-state index in [2.05, 4.69) is 20.2 Å². The van der Waals surface area contributed by atoms with Gasteiger partial charge in [-0.05, 0) is 18.2 Å². The molecule has 5 nitrogen and oxygen atoms in total. The lowest BCUT2D eigenvalue weighted by Crippen LogP contribution is -2.53. The van der Waals surface area contributed by atoms with Crippen LogP contribution in [-0.2, 0) is 4.79 Å². The van der Waals surface area contributed by atoms with Crippen LogP contribution in [0.3, 0.4) is 0 Å². The summed E-state index contributed by atoms with van der Waals surface area (Å²) < 4.78 is 0. The molecule has 0 atom stereocenters. The third-order valence-electron chi connectivity index (χ3n) is 3.37. The number of nitrogens with zero attached hydrogens (tertiary/aromatic N) is 3. The Bertz CT molecular complexity index is 640. The Hall–Kier alpha value is -1.88. The molecular weight excluding hydrogens is 264 g/mol. The van der Waals surface area contributed by atoms with Gasteiger partial charge in [-0.3, -0.25) is 4.79 Å². The Kier molecular flexibility index (Phi) is 2.98. The van der Waals surface area contributed by atoms with Crippen molar-refractivity contribution in [2.75, 3.05) is 25.0 Å². The van der Waals surface area contributed by atoms with Crippen molar-refractivity contribution < 1.29 is 4.79 Å². The first-order chi connectivity index (χ1) is 9.19. The van der Waals surface area contributed by atoms with Gasteiger partial charge in [-0.1, -0.05) is 11.6 Å². The SMILES string of the molecule is CNC(=O)C1CN(c2ncnc3ccc(Cl)cc23)C1. The van der Waals surface area contributed by atoms with Gasteiger partial charge in [0.25, 0.3) is 0 Å². The van der Waals surface area contributed by atoms with Crippen LogP contribution >= 0.6 is 11.6 Å². The summed E-state index contributed by atoms with van der Waals surface area (Å²) in [6.07, 6.45) is 1.54. The van der Waals surface area contributed by atoms with Crippen molar-refractivity contribution in [2.45, 2.75) is 0 Å². The van der Waals surface area contributed by atoms with Crippen LogP contribution in [0.25, 0.3) is 10.9 Å². The van der Waals surface area contributed by atoms with Crippen molar-refractivity contribution in [1.29, 1.82) is 0 Å². The van der Waals surface area contributed by atoms with E-state index in [1.807, 2.05) is 18.2 Å². The number of hydrogen-bond donors (Lipinski definition) is 1. The Morgan fingerprint density at radius 1 is 1.42 bits per heavy atom. The maximum Gasteiger partial charge on any atom is 0.226 e. The molecule has 2 aromatic rings. The van der Waals surface area contributed by atoms with Crippen LogP contribution in [0.15, 0.2) is 24.5 Å². The lowest BCUT2D eigenvalue weighted by molar-refractivity contribution is -0.125. The van der Waals surface area contributed by atoms with Gasteiger partial charge in [-0.25, -0.2) is 9.97 Å². The molecule has 3 rings (SSSR count). The highest BCUT2D eigenvalue weighted by molar-refractivity contribution is 6.31. The number of nitrogens with one attached hydrogen (secondary N) is 1. The Morgan fingerprint density at radius 3 is 2.95 bits per heavy atom. The first-order valence-corrected chi connectivity index (χ1v) is 6.43. The van der Waals surface area contributed by atoms with Crippen LogP contribution in [-0.4, -0.2) is 36.0 Å². The van der Waals surface area contributed by atoms with Crippen molar-refractivity contribution in [1.82, 2.24) is 15.3 Å². The van der Waals surface area contributed by atoms with Crippen LogP contribution in [0.2, 0.25) is 5.02 Å². The Morgan fingerprint density at radius 2 is 2.21 bits per heavy atom. The zero-order chi connectivity index (χ0) is 13.4. The van der Waals surface area contributed by atoms with Crippen molar-refractivity contribution in [3.63, 3.8) is 0 Å².